The Balaban J connectivity index is 1.43. The maximum atomic E-state index is 12.2. The van der Waals surface area contributed by atoms with Crippen molar-refractivity contribution in [2.45, 2.75) is 5.16 Å². The van der Waals surface area contributed by atoms with E-state index in [0.29, 0.717) is 27.5 Å². The second-order valence-electron chi connectivity index (χ2n) is 6.22. The number of hydrogen-bond donors (Lipinski definition) is 1. The zero-order valence-corrected chi connectivity index (χ0v) is 17.3. The van der Waals surface area contributed by atoms with E-state index in [2.05, 4.69) is 15.5 Å². The molecule has 2 aromatic heterocycles. The molecule has 0 spiro atoms. The maximum absolute atomic E-state index is 12.2. The molecule has 7 nitrogen and oxygen atoms in total. The fourth-order valence-corrected chi connectivity index (χ4v) is 3.67. The van der Waals surface area contributed by atoms with Gasteiger partial charge in [-0.3, -0.25) is 4.79 Å². The van der Waals surface area contributed by atoms with Crippen LogP contribution in [0.1, 0.15) is 0 Å². The molecule has 0 aliphatic carbocycles. The average Bonchev–Trinajstić information content (AvgIpc) is 3.29. The van der Waals surface area contributed by atoms with Crippen LogP contribution in [0.25, 0.3) is 22.6 Å². The van der Waals surface area contributed by atoms with Crippen molar-refractivity contribution in [3.05, 3.63) is 53.6 Å². The van der Waals surface area contributed by atoms with Gasteiger partial charge in [0.2, 0.25) is 5.91 Å². The van der Waals surface area contributed by atoms with Gasteiger partial charge >= 0.3 is 0 Å². The van der Waals surface area contributed by atoms with Crippen molar-refractivity contribution in [1.29, 1.82) is 0 Å². The Morgan fingerprint density at radius 2 is 2.00 bits per heavy atom. The van der Waals surface area contributed by atoms with E-state index < -0.39 is 0 Å². The molecule has 2 aromatic carbocycles. The molecule has 9 heteroatoms. The van der Waals surface area contributed by atoms with Crippen LogP contribution in [0, 0.1) is 0 Å². The number of ether oxygens (including phenoxy) is 1. The van der Waals surface area contributed by atoms with Crippen LogP contribution in [-0.2, 0) is 11.8 Å². The first-order valence-corrected chi connectivity index (χ1v) is 10.1. The molecular weight excluding hydrogens is 412 g/mol. The number of halogens is 1. The Bertz CT molecular complexity index is 1170. The summed E-state index contributed by atoms with van der Waals surface area (Å²) in [5.74, 6) is 1.97. The van der Waals surface area contributed by atoms with Crippen molar-refractivity contribution in [1.82, 2.24) is 14.8 Å². The van der Waals surface area contributed by atoms with Crippen LogP contribution in [0.2, 0.25) is 5.02 Å². The highest BCUT2D eigenvalue weighted by molar-refractivity contribution is 7.99. The van der Waals surface area contributed by atoms with Crippen LogP contribution >= 0.6 is 23.4 Å². The SMILES string of the molecule is COc1ccc(NC(=O)CSc2nnc(-c3cc4cc(Cl)ccc4o3)n2C)cc1. The standard InChI is InChI=1S/C20H17ClN4O3S/c1-25-19(17-10-12-9-13(21)3-8-16(12)28-17)23-24-20(25)29-11-18(26)22-14-4-6-15(27-2)7-5-14/h3-10H,11H2,1-2H3,(H,22,26). The van der Waals surface area contributed by atoms with E-state index in [0.717, 1.165) is 16.7 Å². The molecule has 29 heavy (non-hydrogen) atoms. The molecule has 0 atom stereocenters. The maximum Gasteiger partial charge on any atom is 0.234 e. The van der Waals surface area contributed by atoms with E-state index in [1.807, 2.05) is 25.2 Å². The second-order valence-corrected chi connectivity index (χ2v) is 7.60. The van der Waals surface area contributed by atoms with Crippen LogP contribution in [0.4, 0.5) is 5.69 Å². The summed E-state index contributed by atoms with van der Waals surface area (Å²) in [6.07, 6.45) is 0. The highest BCUT2D eigenvalue weighted by Crippen LogP contribution is 2.30. The zero-order valence-electron chi connectivity index (χ0n) is 15.7. The fraction of sp³-hybridized carbons (Fsp3) is 0.150. The number of benzene rings is 2. The topological polar surface area (TPSA) is 82.2 Å². The summed E-state index contributed by atoms with van der Waals surface area (Å²) in [4.78, 5) is 12.2. The van der Waals surface area contributed by atoms with Crippen molar-refractivity contribution in [3.8, 4) is 17.3 Å². The fourth-order valence-electron chi connectivity index (χ4n) is 2.78. The number of hydrogen-bond acceptors (Lipinski definition) is 6. The van der Waals surface area contributed by atoms with Crippen molar-refractivity contribution >= 4 is 45.9 Å². The molecule has 0 fully saturated rings. The van der Waals surface area contributed by atoms with E-state index in [9.17, 15) is 4.79 Å². The van der Waals surface area contributed by atoms with Gasteiger partial charge in [0, 0.05) is 23.1 Å². The minimum Gasteiger partial charge on any atom is -0.497 e. The number of anilines is 1. The van der Waals surface area contributed by atoms with E-state index in [1.54, 1.807) is 42.0 Å². The lowest BCUT2D eigenvalue weighted by Crippen LogP contribution is -2.14. The third-order valence-electron chi connectivity index (χ3n) is 4.24. The molecule has 0 unspecified atom stereocenters. The quantitative estimate of drug-likeness (QED) is 0.451. The largest absolute Gasteiger partial charge is 0.497 e. The van der Waals surface area contributed by atoms with Gasteiger partial charge in [-0.1, -0.05) is 23.4 Å². The number of rotatable bonds is 6. The predicted molar refractivity (Wildman–Crippen MR) is 114 cm³/mol. The molecule has 0 bridgehead atoms. The van der Waals surface area contributed by atoms with Crippen LogP contribution < -0.4 is 10.1 Å². The number of carbonyl (C=O) groups excluding carboxylic acids is 1. The Kier molecular flexibility index (Phi) is 5.46. The zero-order chi connectivity index (χ0) is 20.4. The third kappa shape index (κ3) is 4.23. The van der Waals surface area contributed by atoms with Crippen molar-refractivity contribution in [2.75, 3.05) is 18.2 Å². The number of aromatic nitrogens is 3. The lowest BCUT2D eigenvalue weighted by Gasteiger charge is -2.06. The van der Waals surface area contributed by atoms with Gasteiger partial charge in [-0.15, -0.1) is 10.2 Å². The van der Waals surface area contributed by atoms with Gasteiger partial charge in [-0.2, -0.15) is 0 Å². The van der Waals surface area contributed by atoms with Gasteiger partial charge in [0.1, 0.15) is 11.3 Å². The lowest BCUT2D eigenvalue weighted by molar-refractivity contribution is -0.113. The first-order valence-electron chi connectivity index (χ1n) is 8.69. The minimum atomic E-state index is -0.136. The summed E-state index contributed by atoms with van der Waals surface area (Å²) in [5.41, 5.74) is 1.43. The number of nitrogens with zero attached hydrogens (tertiary/aromatic N) is 3. The highest BCUT2D eigenvalue weighted by Gasteiger charge is 2.16. The molecule has 1 amide bonds. The van der Waals surface area contributed by atoms with Crippen molar-refractivity contribution < 1.29 is 13.9 Å². The predicted octanol–water partition coefficient (Wildman–Crippen LogP) is 4.62. The summed E-state index contributed by atoms with van der Waals surface area (Å²) in [6.45, 7) is 0. The molecule has 0 radical (unpaired) electrons. The normalized spacial score (nSPS) is 11.0. The smallest absolute Gasteiger partial charge is 0.234 e. The number of thioether (sulfide) groups is 1. The van der Waals surface area contributed by atoms with E-state index >= 15 is 0 Å². The van der Waals surface area contributed by atoms with Gasteiger partial charge in [0.15, 0.2) is 16.7 Å². The Labute approximate surface area is 176 Å². The minimum absolute atomic E-state index is 0.136. The number of amides is 1. The van der Waals surface area contributed by atoms with Crippen molar-refractivity contribution in [3.63, 3.8) is 0 Å². The van der Waals surface area contributed by atoms with Gasteiger partial charge in [-0.25, -0.2) is 0 Å². The van der Waals surface area contributed by atoms with Crippen LogP contribution in [0.15, 0.2) is 58.1 Å². The highest BCUT2D eigenvalue weighted by atomic mass is 35.5. The monoisotopic (exact) mass is 428 g/mol. The number of methoxy groups -OCH3 is 1. The van der Waals surface area contributed by atoms with Gasteiger partial charge in [0.05, 0.1) is 12.9 Å². The average molecular weight is 429 g/mol. The van der Waals surface area contributed by atoms with Gasteiger partial charge < -0.3 is 19.0 Å². The van der Waals surface area contributed by atoms with Gasteiger partial charge in [0.25, 0.3) is 0 Å². The molecule has 0 saturated carbocycles. The molecule has 0 aliphatic heterocycles. The Morgan fingerprint density at radius 1 is 1.21 bits per heavy atom. The summed E-state index contributed by atoms with van der Waals surface area (Å²) in [5, 5.41) is 13.4. The van der Waals surface area contributed by atoms with Gasteiger partial charge in [-0.05, 0) is 48.5 Å². The van der Waals surface area contributed by atoms with Crippen LogP contribution in [-0.4, -0.2) is 33.5 Å². The first-order chi connectivity index (χ1) is 14.0. The molecule has 1 N–H and O–H groups in total. The number of furan rings is 1. The molecule has 4 aromatic rings. The van der Waals surface area contributed by atoms with E-state index in [-0.39, 0.29) is 11.7 Å². The number of fused-ring (bicyclic) bond motifs is 1. The molecule has 4 rings (SSSR count). The van der Waals surface area contributed by atoms with Crippen LogP contribution in [0.5, 0.6) is 5.75 Å². The van der Waals surface area contributed by atoms with Crippen molar-refractivity contribution in [2.24, 2.45) is 7.05 Å². The molecule has 148 valence electrons. The number of carbonyl (C=O) groups is 1. The molecule has 0 saturated heterocycles. The summed E-state index contributed by atoms with van der Waals surface area (Å²) < 4.78 is 12.7. The second kappa shape index (κ2) is 8.18. The molecular formula is C20H17ClN4O3S. The molecule has 2 heterocycles. The summed E-state index contributed by atoms with van der Waals surface area (Å²) in [6, 6.07) is 14.4. The molecule has 0 aliphatic rings. The van der Waals surface area contributed by atoms with Crippen LogP contribution in [0.3, 0.4) is 0 Å². The number of nitrogens with one attached hydrogen (secondary N) is 1. The summed E-state index contributed by atoms with van der Waals surface area (Å²) >= 11 is 7.33. The summed E-state index contributed by atoms with van der Waals surface area (Å²) in [7, 11) is 3.43. The third-order valence-corrected chi connectivity index (χ3v) is 5.50. The van der Waals surface area contributed by atoms with E-state index in [4.69, 9.17) is 20.8 Å². The first kappa shape index (κ1) is 19.4. The lowest BCUT2D eigenvalue weighted by atomic mass is 10.2. The Morgan fingerprint density at radius 3 is 2.76 bits per heavy atom. The van der Waals surface area contributed by atoms with E-state index in [1.165, 1.54) is 11.8 Å². The Hall–Kier alpha value is -2.97.